The molecule has 2 bridgehead atoms. The minimum Gasteiger partial charge on any atom is -0.362 e. The van der Waals surface area contributed by atoms with Crippen LogP contribution in [0.4, 0.5) is 11.4 Å². The number of benzene rings is 2. The third-order valence-electron chi connectivity index (χ3n) is 6.24. The molecule has 3 heterocycles. The molecule has 0 aliphatic carbocycles. The molecule has 8 nitrogen and oxygen atoms in total. The quantitative estimate of drug-likeness (QED) is 0.453. The number of nitro groups is 1. The van der Waals surface area contributed by atoms with Crippen LogP contribution in [0, 0.1) is 10.1 Å². The SMILES string of the molecule is O=C(c1cc(=O)[nH]c2ccc([N+](=O)[O-])cc12)N1CC2CCC(C1)N2c1ccc(Cl)c(Cl)c1. The van der Waals surface area contributed by atoms with Gasteiger partial charge in [-0.05, 0) is 37.1 Å². The van der Waals surface area contributed by atoms with Gasteiger partial charge in [-0.25, -0.2) is 0 Å². The van der Waals surface area contributed by atoms with E-state index in [1.54, 1.807) is 11.0 Å². The number of amides is 1. The van der Waals surface area contributed by atoms with Crippen LogP contribution in [0.15, 0.2) is 47.3 Å². The Hall–Kier alpha value is -3.10. The van der Waals surface area contributed by atoms with Crippen LogP contribution in [0.3, 0.4) is 0 Å². The fourth-order valence-electron chi connectivity index (χ4n) is 4.84. The predicted octanol–water partition coefficient (Wildman–Crippen LogP) is 4.24. The molecule has 2 atom stereocenters. The number of fused-ring (bicyclic) bond motifs is 3. The van der Waals surface area contributed by atoms with Gasteiger partial charge >= 0.3 is 0 Å². The average molecular weight is 473 g/mol. The third kappa shape index (κ3) is 3.49. The number of piperazine rings is 1. The lowest BCUT2D eigenvalue weighted by Gasteiger charge is -2.42. The second-order valence-electron chi connectivity index (χ2n) is 8.14. The summed E-state index contributed by atoms with van der Waals surface area (Å²) in [5.74, 6) is -0.299. The summed E-state index contributed by atoms with van der Waals surface area (Å²) in [7, 11) is 0. The number of aromatic nitrogens is 1. The second kappa shape index (κ2) is 7.79. The first-order valence-corrected chi connectivity index (χ1v) is 10.9. The van der Waals surface area contributed by atoms with Crippen molar-refractivity contribution in [1.29, 1.82) is 0 Å². The molecule has 2 aromatic carbocycles. The molecule has 5 rings (SSSR count). The molecular formula is C22H18Cl2N4O4. The molecule has 0 spiro atoms. The van der Waals surface area contributed by atoms with E-state index in [1.807, 2.05) is 12.1 Å². The lowest BCUT2D eigenvalue weighted by Crippen LogP contribution is -2.55. The number of nitrogens with zero attached hydrogens (tertiary/aromatic N) is 3. The molecular weight excluding hydrogens is 455 g/mol. The maximum absolute atomic E-state index is 13.5. The number of aromatic amines is 1. The number of hydrogen-bond donors (Lipinski definition) is 1. The first kappa shape index (κ1) is 20.8. The third-order valence-corrected chi connectivity index (χ3v) is 6.98. The first-order valence-electron chi connectivity index (χ1n) is 10.2. The van der Waals surface area contributed by atoms with E-state index in [4.69, 9.17) is 23.2 Å². The monoisotopic (exact) mass is 472 g/mol. The highest BCUT2D eigenvalue weighted by atomic mass is 35.5. The van der Waals surface area contributed by atoms with Crippen molar-refractivity contribution in [3.63, 3.8) is 0 Å². The van der Waals surface area contributed by atoms with Gasteiger partial charge in [0.25, 0.3) is 11.6 Å². The molecule has 1 aromatic heterocycles. The second-order valence-corrected chi connectivity index (χ2v) is 8.95. The summed E-state index contributed by atoms with van der Waals surface area (Å²) >= 11 is 12.3. The molecule has 2 unspecified atom stereocenters. The average Bonchev–Trinajstić information content (AvgIpc) is 3.03. The number of hydrogen-bond acceptors (Lipinski definition) is 5. The van der Waals surface area contributed by atoms with Gasteiger partial charge in [-0.1, -0.05) is 23.2 Å². The summed E-state index contributed by atoms with van der Waals surface area (Å²) in [6.07, 6.45) is 1.85. The largest absolute Gasteiger partial charge is 0.362 e. The molecule has 3 aromatic rings. The van der Waals surface area contributed by atoms with Crippen molar-refractivity contribution in [2.75, 3.05) is 18.0 Å². The molecule has 2 saturated heterocycles. The Morgan fingerprint density at radius 2 is 1.75 bits per heavy atom. The predicted molar refractivity (Wildman–Crippen MR) is 123 cm³/mol. The Balaban J connectivity index is 1.47. The first-order chi connectivity index (χ1) is 15.3. The van der Waals surface area contributed by atoms with Gasteiger partial charge in [-0.3, -0.25) is 19.7 Å². The molecule has 2 fully saturated rings. The number of non-ortho nitro benzene ring substituents is 1. The zero-order valence-electron chi connectivity index (χ0n) is 16.8. The summed E-state index contributed by atoms with van der Waals surface area (Å²) in [6, 6.07) is 11.1. The van der Waals surface area contributed by atoms with Crippen molar-refractivity contribution in [2.45, 2.75) is 24.9 Å². The molecule has 2 aliphatic heterocycles. The number of H-pyrrole nitrogens is 1. The van der Waals surface area contributed by atoms with E-state index >= 15 is 0 Å². The Kier molecular flexibility index (Phi) is 5.06. The number of carbonyl (C=O) groups excluding carboxylic acids is 1. The Morgan fingerprint density at radius 3 is 2.41 bits per heavy atom. The summed E-state index contributed by atoms with van der Waals surface area (Å²) in [5, 5.41) is 12.6. The summed E-state index contributed by atoms with van der Waals surface area (Å²) in [6.45, 7) is 0.970. The number of rotatable bonds is 3. The van der Waals surface area contributed by atoms with Gasteiger partial charge in [0.15, 0.2) is 0 Å². The van der Waals surface area contributed by atoms with Gasteiger partial charge in [0.2, 0.25) is 5.56 Å². The van der Waals surface area contributed by atoms with Crippen LogP contribution in [0.2, 0.25) is 10.0 Å². The number of nitrogens with one attached hydrogen (secondary N) is 1. The highest BCUT2D eigenvalue weighted by Gasteiger charge is 2.42. The van der Waals surface area contributed by atoms with Crippen LogP contribution in [0.5, 0.6) is 0 Å². The molecule has 0 saturated carbocycles. The normalized spacial score (nSPS) is 20.1. The van der Waals surface area contributed by atoms with Crippen LogP contribution in [-0.2, 0) is 0 Å². The summed E-state index contributed by atoms with van der Waals surface area (Å²) < 4.78 is 0. The van der Waals surface area contributed by atoms with Crippen molar-refractivity contribution in [2.24, 2.45) is 0 Å². The van der Waals surface area contributed by atoms with E-state index in [-0.39, 0.29) is 29.2 Å². The van der Waals surface area contributed by atoms with Crippen LogP contribution < -0.4 is 10.5 Å². The number of carbonyl (C=O) groups is 1. The number of pyridine rings is 1. The van der Waals surface area contributed by atoms with Crippen molar-refractivity contribution in [1.82, 2.24) is 9.88 Å². The molecule has 0 radical (unpaired) electrons. The van der Waals surface area contributed by atoms with Crippen LogP contribution >= 0.6 is 23.2 Å². The Bertz CT molecular complexity index is 1310. The number of nitro benzene ring substituents is 1. The van der Waals surface area contributed by atoms with E-state index in [0.29, 0.717) is 34.0 Å². The minimum atomic E-state index is -0.519. The van der Waals surface area contributed by atoms with E-state index in [9.17, 15) is 19.7 Å². The van der Waals surface area contributed by atoms with Crippen LogP contribution in [0.25, 0.3) is 10.9 Å². The van der Waals surface area contributed by atoms with Crippen molar-refractivity contribution in [3.05, 3.63) is 78.5 Å². The van der Waals surface area contributed by atoms with E-state index < -0.39 is 10.5 Å². The maximum atomic E-state index is 13.5. The fraction of sp³-hybridized carbons (Fsp3) is 0.273. The van der Waals surface area contributed by atoms with Crippen LogP contribution in [0.1, 0.15) is 23.2 Å². The smallest absolute Gasteiger partial charge is 0.270 e. The highest BCUT2D eigenvalue weighted by Crippen LogP contribution is 2.38. The lowest BCUT2D eigenvalue weighted by atomic mass is 10.1. The van der Waals surface area contributed by atoms with Crippen molar-refractivity contribution < 1.29 is 9.72 Å². The molecule has 1 N–H and O–H groups in total. The van der Waals surface area contributed by atoms with E-state index in [1.165, 1.54) is 24.3 Å². The molecule has 32 heavy (non-hydrogen) atoms. The summed E-state index contributed by atoms with van der Waals surface area (Å²) in [5.41, 5.74) is 0.977. The Labute approximate surface area is 192 Å². The van der Waals surface area contributed by atoms with Gasteiger partial charge in [0.05, 0.1) is 20.5 Å². The lowest BCUT2D eigenvalue weighted by molar-refractivity contribution is -0.384. The van der Waals surface area contributed by atoms with Crippen LogP contribution in [-0.4, -0.2) is 45.9 Å². The van der Waals surface area contributed by atoms with Gasteiger partial charge < -0.3 is 14.8 Å². The number of likely N-dealkylation sites (tertiary alicyclic amines) is 1. The number of halogens is 2. The summed E-state index contributed by atoms with van der Waals surface area (Å²) in [4.78, 5) is 43.0. The zero-order valence-corrected chi connectivity index (χ0v) is 18.3. The highest BCUT2D eigenvalue weighted by molar-refractivity contribution is 6.42. The number of anilines is 1. The van der Waals surface area contributed by atoms with Crippen molar-refractivity contribution in [3.8, 4) is 0 Å². The Morgan fingerprint density at radius 1 is 1.03 bits per heavy atom. The van der Waals surface area contributed by atoms with Gasteiger partial charge in [-0.15, -0.1) is 0 Å². The standard InChI is InChI=1S/C22H18Cl2N4O4/c23-18-5-3-12(8-19(18)24)27-14-1-2-15(27)11-26(10-14)22(30)17-9-21(29)25-20-6-4-13(28(31)32)7-16(17)20/h3-9,14-15H,1-2,10-11H2,(H,25,29). The van der Waals surface area contributed by atoms with E-state index in [2.05, 4.69) is 9.88 Å². The molecule has 10 heteroatoms. The molecule has 1 amide bonds. The van der Waals surface area contributed by atoms with E-state index in [0.717, 1.165) is 18.5 Å². The fourth-order valence-corrected chi connectivity index (χ4v) is 5.13. The maximum Gasteiger partial charge on any atom is 0.270 e. The molecule has 164 valence electrons. The topological polar surface area (TPSA) is 99.5 Å². The van der Waals surface area contributed by atoms with Crippen molar-refractivity contribution >= 4 is 51.4 Å². The van der Waals surface area contributed by atoms with Gasteiger partial charge in [0.1, 0.15) is 0 Å². The van der Waals surface area contributed by atoms with Gasteiger partial charge in [0, 0.05) is 60.0 Å². The van der Waals surface area contributed by atoms with Gasteiger partial charge in [-0.2, -0.15) is 0 Å². The molecule has 2 aliphatic rings. The zero-order chi connectivity index (χ0) is 22.6. The minimum absolute atomic E-state index is 0.109.